The number of hydrogen-bond donors (Lipinski definition) is 1. The van der Waals surface area contributed by atoms with E-state index in [4.69, 9.17) is 14.6 Å². The van der Waals surface area contributed by atoms with Crippen LogP contribution < -0.4 is 4.74 Å². The molecule has 1 aliphatic rings. The van der Waals surface area contributed by atoms with Gasteiger partial charge < -0.3 is 19.5 Å². The standard InChI is InChI=1S/C14H16N2O7/c1-2-23-12-4-3-9(7-10(12)16(20)21)13(17)15-5-6-22-8-11(15)14(18)19/h3-4,7,11H,2,5-6,8H2,1H3,(H,18,19). The molecule has 0 radical (unpaired) electrons. The summed E-state index contributed by atoms with van der Waals surface area (Å²) in [5.74, 6) is -1.71. The first-order valence-electron chi connectivity index (χ1n) is 6.98. The highest BCUT2D eigenvalue weighted by Gasteiger charge is 2.34. The number of nitro groups is 1. The van der Waals surface area contributed by atoms with Crippen molar-refractivity contribution in [3.8, 4) is 5.75 Å². The van der Waals surface area contributed by atoms with Crippen molar-refractivity contribution in [3.63, 3.8) is 0 Å². The molecular formula is C14H16N2O7. The Balaban J connectivity index is 2.33. The molecule has 0 aliphatic carbocycles. The van der Waals surface area contributed by atoms with Gasteiger partial charge in [0.15, 0.2) is 11.8 Å². The molecule has 1 aromatic carbocycles. The fraction of sp³-hybridized carbons (Fsp3) is 0.429. The van der Waals surface area contributed by atoms with Gasteiger partial charge in [-0.25, -0.2) is 4.79 Å². The second-order valence-corrected chi connectivity index (χ2v) is 4.80. The predicted octanol–water partition coefficient (Wildman–Crippen LogP) is 0.919. The van der Waals surface area contributed by atoms with Crippen LogP contribution in [0.25, 0.3) is 0 Å². The largest absolute Gasteiger partial charge is 0.487 e. The van der Waals surface area contributed by atoms with E-state index in [0.717, 1.165) is 11.0 Å². The first kappa shape index (κ1) is 16.7. The Morgan fingerprint density at radius 2 is 2.26 bits per heavy atom. The van der Waals surface area contributed by atoms with Crippen LogP contribution in [0.3, 0.4) is 0 Å². The number of hydrogen-bond acceptors (Lipinski definition) is 6. The van der Waals surface area contributed by atoms with E-state index < -0.39 is 22.8 Å². The molecule has 0 bridgehead atoms. The minimum atomic E-state index is -1.18. The van der Waals surface area contributed by atoms with Crippen molar-refractivity contribution in [1.29, 1.82) is 0 Å². The highest BCUT2D eigenvalue weighted by atomic mass is 16.6. The third-order valence-electron chi connectivity index (χ3n) is 3.38. The van der Waals surface area contributed by atoms with Gasteiger partial charge in [0.25, 0.3) is 5.91 Å². The third kappa shape index (κ3) is 3.57. The fourth-order valence-electron chi connectivity index (χ4n) is 2.29. The zero-order chi connectivity index (χ0) is 17.0. The van der Waals surface area contributed by atoms with Crippen LogP contribution in [-0.2, 0) is 9.53 Å². The van der Waals surface area contributed by atoms with Gasteiger partial charge in [0.2, 0.25) is 0 Å². The van der Waals surface area contributed by atoms with E-state index in [-0.39, 0.29) is 43.4 Å². The minimum Gasteiger partial charge on any atom is -0.487 e. The lowest BCUT2D eigenvalue weighted by atomic mass is 10.1. The van der Waals surface area contributed by atoms with Crippen molar-refractivity contribution in [2.45, 2.75) is 13.0 Å². The lowest BCUT2D eigenvalue weighted by Gasteiger charge is -2.32. The average Bonchev–Trinajstić information content (AvgIpc) is 2.54. The Labute approximate surface area is 131 Å². The maximum absolute atomic E-state index is 12.5. The second-order valence-electron chi connectivity index (χ2n) is 4.80. The molecular weight excluding hydrogens is 308 g/mol. The Hall–Kier alpha value is -2.68. The third-order valence-corrected chi connectivity index (χ3v) is 3.38. The number of carbonyl (C=O) groups excluding carboxylic acids is 1. The number of ether oxygens (including phenoxy) is 2. The monoisotopic (exact) mass is 324 g/mol. The lowest BCUT2D eigenvalue weighted by Crippen LogP contribution is -2.52. The van der Waals surface area contributed by atoms with Crippen LogP contribution in [0.4, 0.5) is 5.69 Å². The van der Waals surface area contributed by atoms with E-state index in [2.05, 4.69) is 0 Å². The van der Waals surface area contributed by atoms with Crippen molar-refractivity contribution in [3.05, 3.63) is 33.9 Å². The predicted molar refractivity (Wildman–Crippen MR) is 77.5 cm³/mol. The molecule has 1 fully saturated rings. The van der Waals surface area contributed by atoms with E-state index in [1.54, 1.807) is 6.92 Å². The molecule has 9 nitrogen and oxygen atoms in total. The lowest BCUT2D eigenvalue weighted by molar-refractivity contribution is -0.385. The topological polar surface area (TPSA) is 119 Å². The number of morpholine rings is 1. The molecule has 1 unspecified atom stereocenters. The highest BCUT2D eigenvalue weighted by molar-refractivity contribution is 5.97. The van der Waals surface area contributed by atoms with Crippen LogP contribution in [0, 0.1) is 10.1 Å². The quantitative estimate of drug-likeness (QED) is 0.631. The van der Waals surface area contributed by atoms with Gasteiger partial charge in [0.05, 0.1) is 24.7 Å². The van der Waals surface area contributed by atoms with E-state index in [1.165, 1.54) is 12.1 Å². The number of nitro benzene ring substituents is 1. The van der Waals surface area contributed by atoms with Gasteiger partial charge in [0, 0.05) is 18.2 Å². The molecule has 1 saturated heterocycles. The van der Waals surface area contributed by atoms with Crippen LogP contribution in [0.1, 0.15) is 17.3 Å². The number of aliphatic carboxylic acids is 1. The van der Waals surface area contributed by atoms with E-state index in [0.29, 0.717) is 0 Å². The summed E-state index contributed by atoms with van der Waals surface area (Å²) in [5, 5.41) is 20.3. The number of carboxylic acids is 1. The summed E-state index contributed by atoms with van der Waals surface area (Å²) in [5.41, 5.74) is -0.300. The maximum Gasteiger partial charge on any atom is 0.328 e. The molecule has 1 heterocycles. The number of benzene rings is 1. The van der Waals surface area contributed by atoms with E-state index >= 15 is 0 Å². The molecule has 0 spiro atoms. The molecule has 124 valence electrons. The van der Waals surface area contributed by atoms with Crippen molar-refractivity contribution < 1.29 is 29.1 Å². The minimum absolute atomic E-state index is 0.0355. The normalized spacial score (nSPS) is 17.6. The zero-order valence-electron chi connectivity index (χ0n) is 12.4. The highest BCUT2D eigenvalue weighted by Crippen LogP contribution is 2.29. The molecule has 1 aliphatic heterocycles. The summed E-state index contributed by atoms with van der Waals surface area (Å²) >= 11 is 0. The molecule has 1 amide bonds. The van der Waals surface area contributed by atoms with Crippen molar-refractivity contribution >= 4 is 17.6 Å². The molecule has 9 heteroatoms. The summed E-state index contributed by atoms with van der Waals surface area (Å²) in [6, 6.07) is 2.71. The zero-order valence-corrected chi connectivity index (χ0v) is 12.4. The van der Waals surface area contributed by atoms with Crippen LogP contribution in [-0.4, -0.2) is 59.2 Å². The molecule has 1 aromatic rings. The van der Waals surface area contributed by atoms with Gasteiger partial charge in [-0.05, 0) is 19.1 Å². The van der Waals surface area contributed by atoms with Crippen molar-refractivity contribution in [2.24, 2.45) is 0 Å². The summed E-state index contributed by atoms with van der Waals surface area (Å²) < 4.78 is 10.2. The summed E-state index contributed by atoms with van der Waals surface area (Å²) in [6.45, 7) is 2.15. The maximum atomic E-state index is 12.5. The molecule has 1 atom stereocenters. The Morgan fingerprint density at radius 1 is 1.52 bits per heavy atom. The Bertz CT molecular complexity index is 632. The number of carbonyl (C=O) groups is 2. The van der Waals surface area contributed by atoms with E-state index in [1.807, 2.05) is 0 Å². The molecule has 2 rings (SSSR count). The van der Waals surface area contributed by atoms with Gasteiger partial charge >= 0.3 is 11.7 Å². The second kappa shape index (κ2) is 7.05. The van der Waals surface area contributed by atoms with Gasteiger partial charge in [-0.3, -0.25) is 14.9 Å². The average molecular weight is 324 g/mol. The van der Waals surface area contributed by atoms with Crippen LogP contribution in [0.5, 0.6) is 5.75 Å². The number of nitrogens with zero attached hydrogens (tertiary/aromatic N) is 2. The summed E-state index contributed by atoms with van der Waals surface area (Å²) in [6.07, 6.45) is 0. The van der Waals surface area contributed by atoms with Gasteiger partial charge in [-0.1, -0.05) is 0 Å². The molecule has 1 N–H and O–H groups in total. The Kier molecular flexibility index (Phi) is 5.12. The number of amides is 1. The summed E-state index contributed by atoms with van der Waals surface area (Å²) in [7, 11) is 0. The smallest absolute Gasteiger partial charge is 0.328 e. The van der Waals surface area contributed by atoms with E-state index in [9.17, 15) is 19.7 Å². The molecule has 0 saturated carbocycles. The molecule has 0 aromatic heterocycles. The van der Waals surface area contributed by atoms with Crippen molar-refractivity contribution in [2.75, 3.05) is 26.4 Å². The Morgan fingerprint density at radius 3 is 2.87 bits per heavy atom. The first-order chi connectivity index (χ1) is 11.0. The molecule has 23 heavy (non-hydrogen) atoms. The fourth-order valence-corrected chi connectivity index (χ4v) is 2.29. The van der Waals surface area contributed by atoms with Crippen LogP contribution in [0.15, 0.2) is 18.2 Å². The van der Waals surface area contributed by atoms with Crippen LogP contribution >= 0.6 is 0 Å². The summed E-state index contributed by atoms with van der Waals surface area (Å²) in [4.78, 5) is 35.3. The SMILES string of the molecule is CCOc1ccc(C(=O)N2CCOCC2C(=O)O)cc1[N+](=O)[O-]. The number of carboxylic acid groups (broad SMARTS) is 1. The first-order valence-corrected chi connectivity index (χ1v) is 6.98. The van der Waals surface area contributed by atoms with Gasteiger partial charge in [-0.2, -0.15) is 0 Å². The van der Waals surface area contributed by atoms with Crippen molar-refractivity contribution in [1.82, 2.24) is 4.90 Å². The van der Waals surface area contributed by atoms with Gasteiger partial charge in [-0.15, -0.1) is 0 Å². The number of rotatable bonds is 5. The van der Waals surface area contributed by atoms with Crippen LogP contribution in [0.2, 0.25) is 0 Å². The van der Waals surface area contributed by atoms with Gasteiger partial charge in [0.1, 0.15) is 0 Å².